The summed E-state index contributed by atoms with van der Waals surface area (Å²) >= 11 is 0. The third-order valence-electron chi connectivity index (χ3n) is 5.67. The Morgan fingerprint density at radius 1 is 1.17 bits per heavy atom. The fourth-order valence-electron chi connectivity index (χ4n) is 4.57. The van der Waals surface area contributed by atoms with Crippen molar-refractivity contribution in [1.82, 2.24) is 9.88 Å². The number of oxazole rings is 1. The first-order valence-electron chi connectivity index (χ1n) is 9.63. The van der Waals surface area contributed by atoms with Crippen molar-refractivity contribution in [1.29, 1.82) is 0 Å². The highest BCUT2D eigenvalue weighted by atomic mass is 16.5. The lowest BCUT2D eigenvalue weighted by Gasteiger charge is -2.25. The van der Waals surface area contributed by atoms with E-state index >= 15 is 0 Å². The molecule has 1 spiro atoms. The molecule has 2 aliphatic rings. The molecule has 2 aromatic carbocycles. The van der Waals surface area contributed by atoms with Crippen LogP contribution in [0.2, 0.25) is 0 Å². The second-order valence-electron chi connectivity index (χ2n) is 7.20. The number of hydrogen-bond acceptors (Lipinski definition) is 6. The second kappa shape index (κ2) is 6.32. The smallest absolute Gasteiger partial charge is 0.338 e. The molecule has 1 aromatic heterocycles. The Morgan fingerprint density at radius 3 is 2.60 bits per heavy atom. The molecule has 2 N–H and O–H groups in total. The van der Waals surface area contributed by atoms with Crippen LogP contribution in [0.15, 0.2) is 64.6 Å². The quantitative estimate of drug-likeness (QED) is 0.678. The van der Waals surface area contributed by atoms with Gasteiger partial charge in [-0.15, -0.1) is 0 Å². The van der Waals surface area contributed by atoms with Crippen LogP contribution in [0, 0.1) is 0 Å². The Hall–Kier alpha value is -3.87. The van der Waals surface area contributed by atoms with E-state index in [0.717, 1.165) is 5.56 Å². The van der Waals surface area contributed by atoms with E-state index in [1.165, 1.54) is 4.90 Å². The molecule has 0 bridgehead atoms. The number of esters is 1. The van der Waals surface area contributed by atoms with Crippen LogP contribution in [0.5, 0.6) is 0 Å². The molecule has 1 amide bonds. The Kier molecular flexibility index (Phi) is 3.83. The van der Waals surface area contributed by atoms with Crippen molar-refractivity contribution in [2.45, 2.75) is 12.3 Å². The number of nitrogens with two attached hydrogens (primary N) is 1. The number of fused-ring (bicyclic) bond motifs is 5. The van der Waals surface area contributed by atoms with Crippen LogP contribution in [0.4, 0.5) is 6.01 Å². The molecule has 30 heavy (non-hydrogen) atoms. The van der Waals surface area contributed by atoms with Crippen molar-refractivity contribution in [2.75, 3.05) is 19.4 Å². The third kappa shape index (κ3) is 2.11. The predicted octanol–water partition coefficient (Wildman–Crippen LogP) is 2.97. The number of anilines is 1. The molecule has 3 aromatic rings. The van der Waals surface area contributed by atoms with Gasteiger partial charge in [-0.25, -0.2) is 4.79 Å². The van der Waals surface area contributed by atoms with Crippen LogP contribution in [0.25, 0.3) is 17.0 Å². The van der Waals surface area contributed by atoms with Crippen molar-refractivity contribution in [3.05, 3.63) is 77.0 Å². The van der Waals surface area contributed by atoms with Gasteiger partial charge in [0.15, 0.2) is 11.2 Å². The van der Waals surface area contributed by atoms with E-state index in [2.05, 4.69) is 4.98 Å². The Labute approximate surface area is 172 Å². The zero-order chi connectivity index (χ0) is 21.0. The molecule has 1 aliphatic heterocycles. The molecule has 7 nitrogen and oxygen atoms in total. The van der Waals surface area contributed by atoms with Gasteiger partial charge in [0.05, 0.1) is 17.9 Å². The number of benzene rings is 2. The van der Waals surface area contributed by atoms with E-state index in [1.807, 2.05) is 54.6 Å². The monoisotopic (exact) mass is 401 g/mol. The summed E-state index contributed by atoms with van der Waals surface area (Å²) in [5.41, 5.74) is 7.49. The van der Waals surface area contributed by atoms with E-state index in [0.29, 0.717) is 28.3 Å². The van der Waals surface area contributed by atoms with Gasteiger partial charge in [0.2, 0.25) is 5.91 Å². The fourth-order valence-corrected chi connectivity index (χ4v) is 4.57. The molecular weight excluding hydrogens is 382 g/mol. The van der Waals surface area contributed by atoms with Crippen molar-refractivity contribution in [3.63, 3.8) is 0 Å². The maximum absolute atomic E-state index is 13.9. The number of rotatable bonds is 3. The number of likely N-dealkylation sites (N-methyl/N-ethyl adjacent to an activating group) is 1. The minimum Gasteiger partial charge on any atom is -0.463 e. The summed E-state index contributed by atoms with van der Waals surface area (Å²) in [4.78, 5) is 33.1. The van der Waals surface area contributed by atoms with Gasteiger partial charge in [-0.05, 0) is 18.1 Å². The van der Waals surface area contributed by atoms with Crippen LogP contribution in [0.3, 0.4) is 0 Å². The molecule has 1 unspecified atom stereocenters. The fraction of sp³-hybridized carbons (Fsp3) is 0.174. The first-order chi connectivity index (χ1) is 14.5. The van der Waals surface area contributed by atoms with E-state index < -0.39 is 11.4 Å². The number of carbonyl (C=O) groups is 2. The van der Waals surface area contributed by atoms with Crippen molar-refractivity contribution < 1.29 is 18.7 Å². The van der Waals surface area contributed by atoms with Gasteiger partial charge in [-0.1, -0.05) is 54.6 Å². The lowest BCUT2D eigenvalue weighted by molar-refractivity contribution is -0.140. The summed E-state index contributed by atoms with van der Waals surface area (Å²) in [6.07, 6.45) is 0. The summed E-state index contributed by atoms with van der Waals surface area (Å²) < 4.78 is 11.1. The second-order valence-corrected chi connectivity index (χ2v) is 7.20. The molecule has 5 rings (SSSR count). The Bertz CT molecular complexity index is 1230. The lowest BCUT2D eigenvalue weighted by Crippen LogP contribution is -2.41. The molecule has 0 saturated carbocycles. The van der Waals surface area contributed by atoms with Crippen molar-refractivity contribution in [3.8, 4) is 11.3 Å². The van der Waals surface area contributed by atoms with Gasteiger partial charge < -0.3 is 19.8 Å². The molecule has 0 saturated heterocycles. The molecule has 7 heteroatoms. The number of aromatic nitrogens is 1. The summed E-state index contributed by atoms with van der Waals surface area (Å²) in [6.45, 7) is 1.91. The zero-order valence-electron chi connectivity index (χ0n) is 16.5. The van der Waals surface area contributed by atoms with E-state index in [1.54, 1.807) is 14.0 Å². The zero-order valence-corrected chi connectivity index (χ0v) is 16.5. The molecule has 1 atom stereocenters. The minimum atomic E-state index is -1.47. The highest BCUT2D eigenvalue weighted by molar-refractivity contribution is 6.20. The molecule has 1 aliphatic carbocycles. The Morgan fingerprint density at radius 2 is 1.87 bits per heavy atom. The van der Waals surface area contributed by atoms with Gasteiger partial charge in [0.25, 0.3) is 6.01 Å². The maximum atomic E-state index is 13.9. The number of ether oxygens (including phenoxy) is 1. The number of hydrogen-bond donors (Lipinski definition) is 1. The summed E-state index contributed by atoms with van der Waals surface area (Å²) in [7, 11) is 1.66. The van der Waals surface area contributed by atoms with Crippen LogP contribution < -0.4 is 5.73 Å². The lowest BCUT2D eigenvalue weighted by atomic mass is 9.74. The van der Waals surface area contributed by atoms with Gasteiger partial charge in [0.1, 0.15) is 5.69 Å². The number of nitrogens with zero attached hydrogens (tertiary/aromatic N) is 2. The molecule has 150 valence electrons. The van der Waals surface area contributed by atoms with Gasteiger partial charge in [-0.2, -0.15) is 4.98 Å². The number of nitrogen functional groups attached to an aromatic ring is 1. The Balaban J connectivity index is 1.93. The first kappa shape index (κ1) is 18.2. The SMILES string of the molecule is CCOC(=O)C1=C(c2ccccc2)N(C)C(=O)C12c1ccccc1-c1oc(N)nc12. The maximum Gasteiger partial charge on any atom is 0.338 e. The van der Waals surface area contributed by atoms with Gasteiger partial charge >= 0.3 is 5.97 Å². The predicted molar refractivity (Wildman–Crippen MR) is 110 cm³/mol. The summed E-state index contributed by atoms with van der Waals surface area (Å²) in [5, 5.41) is 0. The van der Waals surface area contributed by atoms with Gasteiger partial charge in [0, 0.05) is 12.6 Å². The topological polar surface area (TPSA) is 98.7 Å². The standard InChI is InChI=1S/C23H19N3O4/c1-3-29-20(27)16-17(13-9-5-4-6-10-13)26(2)21(28)23(16)15-12-8-7-11-14(15)18-19(23)25-22(24)30-18/h4-12H,3H2,1-2H3,(H2,24,25). The van der Waals surface area contributed by atoms with E-state index in [9.17, 15) is 9.59 Å². The molecule has 0 radical (unpaired) electrons. The molecule has 2 heterocycles. The molecule has 0 fully saturated rings. The van der Waals surface area contributed by atoms with Crippen LogP contribution >= 0.6 is 0 Å². The van der Waals surface area contributed by atoms with Crippen molar-refractivity contribution >= 4 is 23.6 Å². The summed E-state index contributed by atoms with van der Waals surface area (Å²) in [6, 6.07) is 16.6. The average Bonchev–Trinajstić information content (AvgIpc) is 3.34. The molecular formula is C23H19N3O4. The van der Waals surface area contributed by atoms with Crippen LogP contribution in [-0.4, -0.2) is 35.4 Å². The third-order valence-corrected chi connectivity index (χ3v) is 5.67. The van der Waals surface area contributed by atoms with Crippen molar-refractivity contribution in [2.24, 2.45) is 0 Å². The van der Waals surface area contributed by atoms with E-state index in [-0.39, 0.29) is 24.1 Å². The van der Waals surface area contributed by atoms with Crippen LogP contribution in [0.1, 0.15) is 23.7 Å². The first-order valence-corrected chi connectivity index (χ1v) is 9.63. The van der Waals surface area contributed by atoms with Crippen LogP contribution in [-0.2, 0) is 19.7 Å². The summed E-state index contributed by atoms with van der Waals surface area (Å²) in [5.74, 6) is -0.469. The largest absolute Gasteiger partial charge is 0.463 e. The average molecular weight is 401 g/mol. The number of amides is 1. The van der Waals surface area contributed by atoms with Gasteiger partial charge in [-0.3, -0.25) is 4.79 Å². The normalized spacial score (nSPS) is 19.4. The minimum absolute atomic E-state index is 0.0549. The highest BCUT2D eigenvalue weighted by Crippen LogP contribution is 2.58. The van der Waals surface area contributed by atoms with E-state index in [4.69, 9.17) is 14.9 Å². The highest BCUT2D eigenvalue weighted by Gasteiger charge is 2.63. The number of carbonyl (C=O) groups excluding carboxylic acids is 2.